The smallest absolute Gasteiger partial charge is 0.261 e. The second-order valence-corrected chi connectivity index (χ2v) is 6.59. The van der Waals surface area contributed by atoms with Crippen LogP contribution >= 0.6 is 0 Å². The van der Waals surface area contributed by atoms with Gasteiger partial charge in [0.25, 0.3) is 15.9 Å². The molecule has 1 amide bonds. The van der Waals surface area contributed by atoms with E-state index in [1.165, 1.54) is 12.1 Å². The Hall–Kier alpha value is -2.34. The van der Waals surface area contributed by atoms with Gasteiger partial charge in [0.15, 0.2) is 0 Å². The summed E-state index contributed by atoms with van der Waals surface area (Å²) in [4.78, 5) is 11.5. The summed E-state index contributed by atoms with van der Waals surface area (Å²) in [6.07, 6.45) is 1.90. The third-order valence-electron chi connectivity index (χ3n) is 3.21. The Bertz CT molecular complexity index is 768. The number of carbonyl (C=O) groups is 1. The van der Waals surface area contributed by atoms with E-state index in [9.17, 15) is 13.2 Å². The number of primary amides is 1. The van der Waals surface area contributed by atoms with Gasteiger partial charge in [-0.3, -0.25) is 9.52 Å². The summed E-state index contributed by atoms with van der Waals surface area (Å²) in [6.45, 7) is 2.06. The van der Waals surface area contributed by atoms with Gasteiger partial charge in [-0.2, -0.15) is 0 Å². The topological polar surface area (TPSA) is 89.3 Å². The first-order valence-corrected chi connectivity index (χ1v) is 8.43. The van der Waals surface area contributed by atoms with Gasteiger partial charge in [-0.15, -0.1) is 0 Å². The molecule has 2 aromatic rings. The van der Waals surface area contributed by atoms with Crippen LogP contribution in [0, 0.1) is 0 Å². The first-order chi connectivity index (χ1) is 10.4. The highest BCUT2D eigenvalue weighted by Gasteiger charge is 2.17. The Morgan fingerprint density at radius 1 is 1.09 bits per heavy atom. The van der Waals surface area contributed by atoms with Gasteiger partial charge < -0.3 is 5.73 Å². The first-order valence-electron chi connectivity index (χ1n) is 6.94. The van der Waals surface area contributed by atoms with Crippen LogP contribution in [-0.2, 0) is 16.4 Å². The third-order valence-corrected chi connectivity index (χ3v) is 4.59. The van der Waals surface area contributed by atoms with Crippen LogP contribution < -0.4 is 10.5 Å². The van der Waals surface area contributed by atoms with Crippen LogP contribution in [0.3, 0.4) is 0 Å². The number of carbonyl (C=O) groups excluding carboxylic acids is 1. The Kier molecular flexibility index (Phi) is 4.82. The van der Waals surface area contributed by atoms with Crippen LogP contribution in [-0.4, -0.2) is 14.3 Å². The number of sulfonamides is 1. The maximum atomic E-state index is 12.4. The summed E-state index contributed by atoms with van der Waals surface area (Å²) in [5, 5.41) is 0. The molecule has 0 spiro atoms. The molecule has 0 aliphatic carbocycles. The zero-order chi connectivity index (χ0) is 16.2. The number of hydrogen-bond acceptors (Lipinski definition) is 3. The summed E-state index contributed by atoms with van der Waals surface area (Å²) in [7, 11) is -3.76. The quantitative estimate of drug-likeness (QED) is 0.857. The molecule has 116 valence electrons. The largest absolute Gasteiger partial charge is 0.366 e. The Morgan fingerprint density at radius 3 is 2.32 bits per heavy atom. The molecule has 0 aliphatic rings. The Morgan fingerprint density at radius 2 is 1.73 bits per heavy atom. The highest BCUT2D eigenvalue weighted by atomic mass is 32.2. The molecule has 0 fully saturated rings. The minimum absolute atomic E-state index is 0.133. The first kappa shape index (κ1) is 16.0. The molecule has 2 aromatic carbocycles. The van der Waals surface area contributed by atoms with Crippen LogP contribution in [0.1, 0.15) is 29.3 Å². The highest BCUT2D eigenvalue weighted by molar-refractivity contribution is 7.92. The van der Waals surface area contributed by atoms with Crippen molar-refractivity contribution < 1.29 is 13.2 Å². The summed E-state index contributed by atoms with van der Waals surface area (Å²) < 4.78 is 27.2. The lowest BCUT2D eigenvalue weighted by atomic mass is 10.1. The van der Waals surface area contributed by atoms with Gasteiger partial charge in [0.2, 0.25) is 0 Å². The van der Waals surface area contributed by atoms with Crippen molar-refractivity contribution in [1.29, 1.82) is 0 Å². The molecule has 0 radical (unpaired) electrons. The standard InChI is InChI=1S/C16H18N2O3S/c1-2-5-12-8-10-13(11-9-12)22(20,21)18-15-7-4-3-6-14(15)16(17)19/h3-4,6-11,18H,2,5H2,1H3,(H2,17,19). The van der Waals surface area contributed by atoms with Crippen molar-refractivity contribution >= 4 is 21.6 Å². The van der Waals surface area contributed by atoms with E-state index in [0.29, 0.717) is 0 Å². The number of para-hydroxylation sites is 1. The minimum atomic E-state index is -3.76. The van der Waals surface area contributed by atoms with Crippen molar-refractivity contribution in [3.05, 3.63) is 59.7 Å². The fraction of sp³-hybridized carbons (Fsp3) is 0.188. The summed E-state index contributed by atoms with van der Waals surface area (Å²) in [6, 6.07) is 12.9. The van der Waals surface area contributed by atoms with E-state index in [1.807, 2.05) is 0 Å². The van der Waals surface area contributed by atoms with Crippen molar-refractivity contribution in [3.8, 4) is 0 Å². The molecule has 0 aliphatic heterocycles. The zero-order valence-electron chi connectivity index (χ0n) is 12.2. The summed E-state index contributed by atoms with van der Waals surface area (Å²) in [5.74, 6) is -0.684. The molecule has 5 nitrogen and oxygen atoms in total. The van der Waals surface area contributed by atoms with Crippen molar-refractivity contribution in [2.75, 3.05) is 4.72 Å². The summed E-state index contributed by atoms with van der Waals surface area (Å²) in [5.41, 5.74) is 6.64. The second-order valence-electron chi connectivity index (χ2n) is 4.91. The van der Waals surface area contributed by atoms with Gasteiger partial charge in [-0.25, -0.2) is 8.42 Å². The number of hydrogen-bond donors (Lipinski definition) is 2. The second kappa shape index (κ2) is 6.62. The van der Waals surface area contributed by atoms with Crippen LogP contribution in [0.15, 0.2) is 53.4 Å². The molecule has 3 N–H and O–H groups in total. The van der Waals surface area contributed by atoms with E-state index in [-0.39, 0.29) is 16.1 Å². The highest BCUT2D eigenvalue weighted by Crippen LogP contribution is 2.20. The van der Waals surface area contributed by atoms with E-state index < -0.39 is 15.9 Å². The maximum absolute atomic E-state index is 12.4. The van der Waals surface area contributed by atoms with E-state index in [4.69, 9.17) is 5.73 Å². The van der Waals surface area contributed by atoms with Crippen LogP contribution in [0.2, 0.25) is 0 Å². The van der Waals surface area contributed by atoms with Gasteiger partial charge in [0, 0.05) is 0 Å². The summed E-state index contributed by atoms with van der Waals surface area (Å²) >= 11 is 0. The van der Waals surface area contributed by atoms with Crippen molar-refractivity contribution in [2.45, 2.75) is 24.7 Å². The molecule has 0 aromatic heterocycles. The molecule has 6 heteroatoms. The SMILES string of the molecule is CCCc1ccc(S(=O)(=O)Nc2ccccc2C(N)=O)cc1. The lowest BCUT2D eigenvalue weighted by molar-refractivity contribution is 0.100. The average Bonchev–Trinajstić information content (AvgIpc) is 2.48. The van der Waals surface area contributed by atoms with Gasteiger partial charge in [-0.05, 0) is 36.2 Å². The van der Waals surface area contributed by atoms with Crippen molar-refractivity contribution in [1.82, 2.24) is 0 Å². The molecule has 22 heavy (non-hydrogen) atoms. The number of aryl methyl sites for hydroxylation is 1. The number of rotatable bonds is 6. The monoisotopic (exact) mass is 318 g/mol. The molecular weight excluding hydrogens is 300 g/mol. The minimum Gasteiger partial charge on any atom is -0.366 e. The number of nitrogens with two attached hydrogens (primary N) is 1. The zero-order valence-corrected chi connectivity index (χ0v) is 13.1. The molecular formula is C16H18N2O3S. The predicted octanol–water partition coefficient (Wildman–Crippen LogP) is 2.54. The Labute approximate surface area is 130 Å². The number of anilines is 1. The average molecular weight is 318 g/mol. The van der Waals surface area contributed by atoms with E-state index in [0.717, 1.165) is 18.4 Å². The number of amides is 1. The Balaban J connectivity index is 2.30. The van der Waals surface area contributed by atoms with Gasteiger partial charge >= 0.3 is 0 Å². The lowest BCUT2D eigenvalue weighted by Crippen LogP contribution is -2.18. The van der Waals surface area contributed by atoms with Crippen LogP contribution in [0.25, 0.3) is 0 Å². The van der Waals surface area contributed by atoms with E-state index in [2.05, 4.69) is 11.6 Å². The number of nitrogens with one attached hydrogen (secondary N) is 1. The molecule has 0 heterocycles. The normalized spacial score (nSPS) is 11.1. The van der Waals surface area contributed by atoms with Gasteiger partial charge in [-0.1, -0.05) is 37.6 Å². The number of benzene rings is 2. The maximum Gasteiger partial charge on any atom is 0.261 e. The molecule has 0 atom stereocenters. The van der Waals surface area contributed by atoms with Gasteiger partial charge in [0.05, 0.1) is 16.1 Å². The van der Waals surface area contributed by atoms with E-state index >= 15 is 0 Å². The fourth-order valence-corrected chi connectivity index (χ4v) is 3.19. The predicted molar refractivity (Wildman–Crippen MR) is 86.2 cm³/mol. The molecule has 0 bridgehead atoms. The van der Waals surface area contributed by atoms with Crippen LogP contribution in [0.5, 0.6) is 0 Å². The van der Waals surface area contributed by atoms with Crippen molar-refractivity contribution in [3.63, 3.8) is 0 Å². The molecule has 0 saturated heterocycles. The van der Waals surface area contributed by atoms with E-state index in [1.54, 1.807) is 36.4 Å². The van der Waals surface area contributed by atoms with Crippen molar-refractivity contribution in [2.24, 2.45) is 5.73 Å². The molecule has 0 saturated carbocycles. The fourth-order valence-electron chi connectivity index (χ4n) is 2.11. The third kappa shape index (κ3) is 3.65. The molecule has 2 rings (SSSR count). The van der Waals surface area contributed by atoms with Crippen LogP contribution in [0.4, 0.5) is 5.69 Å². The van der Waals surface area contributed by atoms with Gasteiger partial charge in [0.1, 0.15) is 0 Å². The molecule has 0 unspecified atom stereocenters. The lowest BCUT2D eigenvalue weighted by Gasteiger charge is -2.11.